The molecule has 12 heteroatoms. The van der Waals surface area contributed by atoms with E-state index in [2.05, 4.69) is 0 Å². The largest absolute Gasteiger partial charge is 0.487 e. The van der Waals surface area contributed by atoms with Crippen molar-refractivity contribution < 1.29 is 56.8 Å². The van der Waals surface area contributed by atoms with E-state index in [-0.39, 0.29) is 0 Å². The lowest BCUT2D eigenvalue weighted by atomic mass is 9.83. The first kappa shape index (κ1) is 23.9. The molecule has 0 bridgehead atoms. The summed E-state index contributed by atoms with van der Waals surface area (Å²) in [4.78, 5) is 0. The Morgan fingerprint density at radius 2 is 0.524 bits per heavy atom. The highest BCUT2D eigenvalue weighted by molar-refractivity contribution is 5.65. The zero-order chi connectivity index (χ0) is 27.6. The van der Waals surface area contributed by atoms with Gasteiger partial charge >= 0.3 is 0 Å². The normalized spacial score (nSPS) is 42.6. The second-order valence-corrected chi connectivity index (χ2v) is 10.8. The summed E-state index contributed by atoms with van der Waals surface area (Å²) in [6, 6.07) is 7.71. The summed E-state index contributed by atoms with van der Waals surface area (Å²) < 4.78 is 72.1. The highest BCUT2D eigenvalue weighted by Gasteiger charge is 2.61. The van der Waals surface area contributed by atoms with Crippen LogP contribution in [0.5, 0.6) is 0 Å². The maximum absolute atomic E-state index is 6.46. The SMILES string of the molecule is C1=COC2C(O1)C1OC=COC1C1OC(c3ccc(C4=COC5C6OC=COC6C6OC=COC6C5O4)cc3)=COC21. The van der Waals surface area contributed by atoms with Gasteiger partial charge in [0.15, 0.2) is 84.8 Å². The van der Waals surface area contributed by atoms with Gasteiger partial charge in [-0.1, -0.05) is 24.3 Å². The molecule has 9 rings (SSSR count). The van der Waals surface area contributed by atoms with E-state index < -0.39 is 73.2 Å². The zero-order valence-corrected chi connectivity index (χ0v) is 21.9. The highest BCUT2D eigenvalue weighted by atomic mass is 16.7. The molecule has 0 aromatic heterocycles. The quantitative estimate of drug-likeness (QED) is 0.515. The minimum atomic E-state index is -0.485. The second-order valence-electron chi connectivity index (χ2n) is 10.8. The minimum absolute atomic E-state index is 0.393. The molecule has 2 saturated carbocycles. The van der Waals surface area contributed by atoms with Gasteiger partial charge in [0.1, 0.15) is 62.6 Å². The van der Waals surface area contributed by atoms with Crippen molar-refractivity contribution in [3.8, 4) is 0 Å². The molecule has 0 spiro atoms. The molecule has 0 radical (unpaired) electrons. The molecule has 12 nitrogen and oxygen atoms in total. The number of rotatable bonds is 2. The maximum Gasteiger partial charge on any atom is 0.180 e. The monoisotopic (exact) mass is 578 g/mol. The lowest BCUT2D eigenvalue weighted by Crippen LogP contribution is -2.67. The van der Waals surface area contributed by atoms with Crippen LogP contribution in [-0.4, -0.2) is 73.2 Å². The summed E-state index contributed by atoms with van der Waals surface area (Å²) in [7, 11) is 0. The van der Waals surface area contributed by atoms with Gasteiger partial charge in [-0.15, -0.1) is 0 Å². The fourth-order valence-electron chi connectivity index (χ4n) is 6.74. The van der Waals surface area contributed by atoms with E-state index >= 15 is 0 Å². The van der Waals surface area contributed by atoms with Gasteiger partial charge < -0.3 is 56.8 Å². The Bertz CT molecular complexity index is 1290. The molecule has 12 unspecified atom stereocenters. The molecule has 42 heavy (non-hydrogen) atoms. The third kappa shape index (κ3) is 3.60. The first-order valence-corrected chi connectivity index (χ1v) is 13.8. The van der Waals surface area contributed by atoms with Gasteiger partial charge in [0.25, 0.3) is 0 Å². The van der Waals surface area contributed by atoms with E-state index in [1.807, 2.05) is 24.3 Å². The molecular formula is C30H26O12. The van der Waals surface area contributed by atoms with Crippen LogP contribution in [0.15, 0.2) is 86.9 Å². The number of fused-ring (bicyclic) bond motifs is 12. The molecule has 1 aromatic rings. The standard InChI is InChI=1S/C30H26O12/c1-2-16(18-14-40-28-24-20(32-6-8-36-24)22-26(30(28)42-18)38-12-10-34-22)4-3-15(1)17-13-39-27-23-19(31-5-7-35-23)21-25(29(27)41-17)37-11-9-33-21/h1-14,19-30H. The summed E-state index contributed by atoms with van der Waals surface area (Å²) in [6.07, 6.45) is 10.1. The van der Waals surface area contributed by atoms with Crippen LogP contribution < -0.4 is 0 Å². The molecular weight excluding hydrogens is 552 g/mol. The first-order chi connectivity index (χ1) is 20.8. The number of ether oxygens (including phenoxy) is 12. The topological polar surface area (TPSA) is 111 Å². The van der Waals surface area contributed by atoms with Crippen LogP contribution >= 0.6 is 0 Å². The minimum Gasteiger partial charge on any atom is -0.487 e. The number of benzene rings is 1. The summed E-state index contributed by atoms with van der Waals surface area (Å²) in [5.74, 6) is 1.12. The molecule has 8 aliphatic rings. The predicted molar refractivity (Wildman–Crippen MR) is 137 cm³/mol. The van der Waals surface area contributed by atoms with Crippen molar-refractivity contribution in [2.24, 2.45) is 0 Å². The van der Waals surface area contributed by atoms with Crippen molar-refractivity contribution in [1.82, 2.24) is 0 Å². The third-order valence-corrected chi connectivity index (χ3v) is 8.64. The Balaban J connectivity index is 0.952. The second kappa shape index (κ2) is 9.40. The number of hydrogen-bond acceptors (Lipinski definition) is 12. The van der Waals surface area contributed by atoms with Crippen molar-refractivity contribution in [2.45, 2.75) is 73.2 Å². The first-order valence-electron chi connectivity index (χ1n) is 13.8. The fourth-order valence-corrected chi connectivity index (χ4v) is 6.74. The summed E-state index contributed by atoms with van der Waals surface area (Å²) in [5.41, 5.74) is 1.63. The Morgan fingerprint density at radius 3 is 0.810 bits per heavy atom. The average molecular weight is 579 g/mol. The van der Waals surface area contributed by atoms with Gasteiger partial charge in [0.2, 0.25) is 0 Å². The average Bonchev–Trinajstić information content (AvgIpc) is 3.08. The summed E-state index contributed by atoms with van der Waals surface area (Å²) >= 11 is 0. The molecule has 6 heterocycles. The molecule has 6 aliphatic heterocycles. The van der Waals surface area contributed by atoms with E-state index in [0.717, 1.165) is 11.1 Å². The van der Waals surface area contributed by atoms with E-state index in [9.17, 15) is 0 Å². The van der Waals surface area contributed by atoms with Crippen LogP contribution in [0, 0.1) is 0 Å². The zero-order valence-electron chi connectivity index (χ0n) is 21.9. The summed E-state index contributed by atoms with van der Waals surface area (Å²) in [5, 5.41) is 0. The van der Waals surface area contributed by atoms with Gasteiger partial charge in [-0.2, -0.15) is 0 Å². The van der Waals surface area contributed by atoms with Crippen LogP contribution in [0.25, 0.3) is 11.5 Å². The number of hydrogen-bond donors (Lipinski definition) is 0. The van der Waals surface area contributed by atoms with Crippen molar-refractivity contribution in [3.05, 3.63) is 98.0 Å². The Morgan fingerprint density at radius 1 is 0.286 bits per heavy atom. The Labute approximate surface area is 239 Å². The lowest BCUT2D eigenvalue weighted by Gasteiger charge is -2.50. The molecule has 2 aliphatic carbocycles. The predicted octanol–water partition coefficient (Wildman–Crippen LogP) is 2.90. The Hall–Kier alpha value is -4.74. The molecule has 1 aromatic carbocycles. The van der Waals surface area contributed by atoms with Crippen molar-refractivity contribution in [1.29, 1.82) is 0 Å². The van der Waals surface area contributed by atoms with Gasteiger partial charge in [-0.05, 0) is 0 Å². The van der Waals surface area contributed by atoms with E-state index in [4.69, 9.17) is 56.8 Å². The van der Waals surface area contributed by atoms with E-state index in [1.165, 1.54) is 50.1 Å². The summed E-state index contributed by atoms with van der Waals surface area (Å²) in [6.45, 7) is 0. The molecule has 0 amide bonds. The van der Waals surface area contributed by atoms with Crippen LogP contribution in [0.1, 0.15) is 11.1 Å². The fraction of sp³-hybridized carbons (Fsp3) is 0.400. The molecule has 2 fully saturated rings. The molecule has 218 valence electrons. The molecule has 0 N–H and O–H groups in total. The van der Waals surface area contributed by atoms with Crippen molar-refractivity contribution in [2.75, 3.05) is 0 Å². The van der Waals surface area contributed by atoms with Gasteiger partial charge in [0.05, 0.1) is 0 Å². The highest BCUT2D eigenvalue weighted by Crippen LogP contribution is 2.43. The van der Waals surface area contributed by atoms with E-state index in [1.54, 1.807) is 12.5 Å². The third-order valence-electron chi connectivity index (χ3n) is 8.64. The van der Waals surface area contributed by atoms with Gasteiger partial charge in [-0.25, -0.2) is 0 Å². The van der Waals surface area contributed by atoms with Crippen molar-refractivity contribution >= 4 is 11.5 Å². The smallest absolute Gasteiger partial charge is 0.180 e. The van der Waals surface area contributed by atoms with Crippen molar-refractivity contribution in [3.63, 3.8) is 0 Å². The lowest BCUT2D eigenvalue weighted by molar-refractivity contribution is -0.251. The molecule has 12 atom stereocenters. The van der Waals surface area contributed by atoms with Gasteiger partial charge in [-0.3, -0.25) is 0 Å². The van der Waals surface area contributed by atoms with E-state index in [0.29, 0.717) is 11.5 Å². The molecule has 0 saturated heterocycles. The van der Waals surface area contributed by atoms with Crippen LogP contribution in [-0.2, 0) is 56.8 Å². The maximum atomic E-state index is 6.46. The van der Waals surface area contributed by atoms with Crippen LogP contribution in [0.3, 0.4) is 0 Å². The Kier molecular flexibility index (Phi) is 5.35. The van der Waals surface area contributed by atoms with Crippen LogP contribution in [0.2, 0.25) is 0 Å². The van der Waals surface area contributed by atoms with Crippen LogP contribution in [0.4, 0.5) is 0 Å². The van der Waals surface area contributed by atoms with Gasteiger partial charge in [0, 0.05) is 11.1 Å².